The highest BCUT2D eigenvalue weighted by Crippen LogP contribution is 2.36. The molecule has 10 aromatic carbocycles. The second-order valence-electron chi connectivity index (χ2n) is 34.2. The Morgan fingerprint density at radius 2 is 0.765 bits per heavy atom. The monoisotopic (exact) mass is 1800 g/mol. The van der Waals surface area contributed by atoms with Gasteiger partial charge in [-0.25, -0.2) is 32.5 Å². The number of carbonyl (C=O) groups is 5. The van der Waals surface area contributed by atoms with Gasteiger partial charge in [0.15, 0.2) is 0 Å². The molecule has 1 N–H and O–H groups in total. The van der Waals surface area contributed by atoms with Crippen molar-refractivity contribution in [3.63, 3.8) is 0 Å². The zero-order valence-electron chi connectivity index (χ0n) is 74.3. The summed E-state index contributed by atoms with van der Waals surface area (Å²) in [5, 5.41) is 14.1. The molecule has 0 unspecified atom stereocenters. The third-order valence-corrected chi connectivity index (χ3v) is 25.1. The van der Waals surface area contributed by atoms with Gasteiger partial charge >= 0.3 is 0 Å². The minimum Gasteiger partial charge on any atom is -0.355 e. The van der Waals surface area contributed by atoms with E-state index in [4.69, 9.17) is 0 Å². The normalized spacial score (nSPS) is 13.5. The number of anilines is 2. The molecule has 0 spiro atoms. The lowest BCUT2D eigenvalue weighted by molar-refractivity contribution is 0.0757. The zero-order chi connectivity index (χ0) is 93.2. The Morgan fingerprint density at radius 1 is 0.346 bits per heavy atom. The zero-order valence-corrected chi connectivity index (χ0v) is 74.3. The van der Waals surface area contributed by atoms with Crippen LogP contribution in [-0.2, 0) is 92.4 Å². The van der Waals surface area contributed by atoms with Crippen LogP contribution in [0.4, 0.5) is 28.9 Å². The van der Waals surface area contributed by atoms with Crippen molar-refractivity contribution < 1.29 is 41.5 Å². The summed E-state index contributed by atoms with van der Waals surface area (Å²) in [6.07, 6.45) is 23.9. The standard InChI is InChI=1S/C24H18FNO.C22H18FN5O.C22H18N4O.C21H15FN4O.C21H18FN3O/c25-23-13-19(18-9-8-16-5-3-6-17(16)12-18)10-11-21(23)15-26-14-20-4-1-2-7-22(20)24(26)27;1-27-11-15-9-16(6-7-20(15)26-27)25-17-5-4-14(19(23)10-17)12-28-13-21-18(22(28)29)3-2-8-24-21;1-25-13-18-11-17(8-9-20(18)24-25)16-6-4-15(5-7-16)12-26-14-21-19(22(26)27)3-2-10-23-21;22-18-10-14(15-5-6-20-24-8-9-25(20)11-15)3-4-16(18)12-26-13-19-17(21(26)27)2-1-7-23-19;1-2-20-23-10-17(11-24-20)14-7-8-16(19(22)9-14)13-25-12-15-5-3-4-6-18(15)21(25)26/h1-5,7-13H,6,14-15H2;2-11,25H,12-13H2,1H3;2-11,13H,12,14H2,1H3;1-11H,12-13H2;3-11H,2,12-13H2,1H3. The van der Waals surface area contributed by atoms with E-state index in [1.165, 1.54) is 29.3 Å². The fraction of sp³-hybridized carbons (Fsp3) is 0.136. The number of halogens is 4. The molecule has 24 rings (SSSR count). The molecule has 6 aliphatic rings. The van der Waals surface area contributed by atoms with Crippen molar-refractivity contribution in [1.29, 1.82) is 0 Å². The molecule has 136 heavy (non-hydrogen) atoms. The predicted molar refractivity (Wildman–Crippen MR) is 512 cm³/mol. The van der Waals surface area contributed by atoms with Crippen molar-refractivity contribution in [2.45, 2.75) is 85.2 Å². The molecule has 0 saturated heterocycles. The molecule has 670 valence electrons. The highest BCUT2D eigenvalue weighted by Gasteiger charge is 2.34. The minimum atomic E-state index is -0.353. The van der Waals surface area contributed by atoms with Gasteiger partial charge in [-0.2, -0.15) is 10.2 Å². The number of hydrogen-bond donors (Lipinski definition) is 1. The van der Waals surface area contributed by atoms with Crippen LogP contribution in [0, 0.1) is 23.3 Å². The Morgan fingerprint density at radius 3 is 1.29 bits per heavy atom. The molecule has 0 radical (unpaired) electrons. The molecule has 18 aromatic rings. The first kappa shape index (κ1) is 87.0. The molecule has 5 amide bonds. The number of benzene rings is 10. The van der Waals surface area contributed by atoms with Crippen LogP contribution >= 0.6 is 0 Å². The van der Waals surface area contributed by atoms with Gasteiger partial charge < -0.3 is 34.2 Å². The van der Waals surface area contributed by atoms with Crippen LogP contribution in [0.5, 0.6) is 0 Å². The van der Waals surface area contributed by atoms with E-state index in [9.17, 15) is 41.5 Å². The van der Waals surface area contributed by atoms with Gasteiger partial charge in [-0.15, -0.1) is 0 Å². The number of rotatable bonds is 17. The van der Waals surface area contributed by atoms with Crippen LogP contribution in [0.2, 0.25) is 0 Å². The highest BCUT2D eigenvalue weighted by molar-refractivity contribution is 6.01. The summed E-state index contributed by atoms with van der Waals surface area (Å²) >= 11 is 0. The van der Waals surface area contributed by atoms with Crippen molar-refractivity contribution in [3.05, 3.63) is 441 Å². The second kappa shape index (κ2) is 37.7. The van der Waals surface area contributed by atoms with Crippen molar-refractivity contribution in [3.8, 4) is 44.5 Å². The van der Waals surface area contributed by atoms with E-state index in [1.54, 1.807) is 116 Å². The molecule has 8 aromatic heterocycles. The van der Waals surface area contributed by atoms with Gasteiger partial charge in [0.2, 0.25) is 0 Å². The summed E-state index contributed by atoms with van der Waals surface area (Å²) < 4.78 is 64.3. The largest absolute Gasteiger partial charge is 0.355 e. The maximum Gasteiger partial charge on any atom is 0.256 e. The van der Waals surface area contributed by atoms with Gasteiger partial charge in [0.05, 0.1) is 64.4 Å². The van der Waals surface area contributed by atoms with Gasteiger partial charge in [-0.05, 0) is 195 Å². The first-order valence-corrected chi connectivity index (χ1v) is 44.6. The summed E-state index contributed by atoms with van der Waals surface area (Å²) in [6, 6.07) is 76.8. The van der Waals surface area contributed by atoms with Gasteiger partial charge in [0.1, 0.15) is 34.7 Å². The molecule has 22 nitrogen and oxygen atoms in total. The number of imidazole rings is 1. The van der Waals surface area contributed by atoms with Crippen LogP contribution in [-0.4, -0.2) is 108 Å². The molecule has 0 saturated carbocycles. The van der Waals surface area contributed by atoms with Crippen molar-refractivity contribution in [1.82, 2.24) is 78.4 Å². The van der Waals surface area contributed by atoms with E-state index < -0.39 is 0 Å². The summed E-state index contributed by atoms with van der Waals surface area (Å²) in [5.41, 5.74) is 25.0. The molecule has 0 fully saturated rings. The number of hydrogen-bond acceptors (Lipinski definition) is 14. The van der Waals surface area contributed by atoms with Crippen LogP contribution < -0.4 is 5.32 Å². The number of nitrogens with one attached hydrogen (secondary N) is 1. The van der Waals surface area contributed by atoms with Crippen LogP contribution in [0.1, 0.15) is 132 Å². The van der Waals surface area contributed by atoms with Gasteiger partial charge in [-0.1, -0.05) is 146 Å². The molecular weight excluding hydrogens is 1720 g/mol. The molecule has 0 bridgehead atoms. The molecule has 26 heteroatoms. The van der Waals surface area contributed by atoms with E-state index >= 15 is 0 Å². The minimum absolute atomic E-state index is 0.0276. The SMILES string of the molecule is CCc1ncc(-c2ccc(CN3Cc4ccccc4C3=O)c(F)c2)cn1.Cn1cc2cc(-c3ccc(CN4Cc5ncccc5C4=O)cc3)ccc2n1.Cn1cc2cc(Nc3ccc(CN4Cc5ncccc5C4=O)c(F)c3)ccc2n1.O=C1c2ccccc2CN1Cc1ccc(-c2ccc3c(c2)CC=C3)cc1F.O=C1c2cccnc2CN1Cc1ccc(-c2ccc3nccn3c2)cc1F. The Balaban J connectivity index is 0.000000105. The van der Waals surface area contributed by atoms with Crippen LogP contribution in [0.15, 0.2) is 317 Å². The maximum absolute atomic E-state index is 14.8. The first-order valence-electron chi connectivity index (χ1n) is 44.6. The highest BCUT2D eigenvalue weighted by atomic mass is 19.1. The van der Waals surface area contributed by atoms with E-state index in [-0.39, 0.29) is 79.0 Å². The van der Waals surface area contributed by atoms with Gasteiger partial charge in [0.25, 0.3) is 29.5 Å². The van der Waals surface area contributed by atoms with Gasteiger partial charge in [-0.3, -0.25) is 48.3 Å². The van der Waals surface area contributed by atoms with Gasteiger partial charge in [0, 0.05) is 189 Å². The average molecular weight is 1800 g/mol. The summed E-state index contributed by atoms with van der Waals surface area (Å²) in [4.78, 5) is 96.3. The average Bonchev–Trinajstić information content (AvgIpc) is 1.68. The number of carbonyl (C=O) groups excluding carboxylic acids is 5. The number of fused-ring (bicyclic) bond motifs is 9. The molecular formula is C110H87F4N17O5. The number of pyridine rings is 4. The fourth-order valence-electron chi connectivity index (χ4n) is 17.9. The van der Waals surface area contributed by atoms with E-state index in [0.717, 1.165) is 141 Å². The Bertz CT molecular complexity index is 7770. The number of aryl methyl sites for hydroxylation is 3. The second-order valence-corrected chi connectivity index (χ2v) is 34.2. The lowest BCUT2D eigenvalue weighted by atomic mass is 9.99. The number of allylic oxidation sites excluding steroid dienone is 1. The molecule has 0 atom stereocenters. The fourth-order valence-corrected chi connectivity index (χ4v) is 17.9. The number of amides is 5. The molecule has 13 heterocycles. The molecule has 1 aliphatic carbocycles. The summed E-state index contributed by atoms with van der Waals surface area (Å²) in [5.74, 6) is -0.744. The van der Waals surface area contributed by atoms with Crippen LogP contribution in [0.3, 0.4) is 0 Å². The van der Waals surface area contributed by atoms with Crippen molar-refractivity contribution >= 4 is 74.4 Å². The predicted octanol–water partition coefficient (Wildman–Crippen LogP) is 20.7. The third kappa shape index (κ3) is 18.5. The molecule has 5 aliphatic heterocycles. The Hall–Kier alpha value is -17.0. The quantitative estimate of drug-likeness (QED) is 0.0836. The lowest BCUT2D eigenvalue weighted by Crippen LogP contribution is -2.23. The topological polar surface area (TPSA) is 231 Å². The van der Waals surface area contributed by atoms with Crippen molar-refractivity contribution in [2.24, 2.45) is 14.1 Å². The lowest BCUT2D eigenvalue weighted by Gasteiger charge is -2.17. The summed E-state index contributed by atoms with van der Waals surface area (Å²) in [6.45, 7) is 6.00. The van der Waals surface area contributed by atoms with E-state index in [0.29, 0.717) is 83.9 Å². The third-order valence-electron chi connectivity index (χ3n) is 25.1. The maximum atomic E-state index is 14.8. The Labute approximate surface area is 779 Å². The van der Waals surface area contributed by atoms with E-state index in [2.05, 4.69) is 106 Å². The Kier molecular flexibility index (Phi) is 24.1. The van der Waals surface area contributed by atoms with Crippen molar-refractivity contribution in [2.75, 3.05) is 5.32 Å². The smallest absolute Gasteiger partial charge is 0.256 e. The van der Waals surface area contributed by atoms with E-state index in [1.807, 2.05) is 187 Å². The number of nitrogens with zero attached hydrogens (tertiary/aromatic N) is 16. The first-order chi connectivity index (χ1) is 66.3. The van der Waals surface area contributed by atoms with Crippen LogP contribution in [0.25, 0.3) is 78.0 Å². The summed E-state index contributed by atoms with van der Waals surface area (Å²) in [7, 11) is 3.81. The number of aromatic nitrogens is 11.